The average molecular weight is 338 g/mol. The van der Waals surface area contributed by atoms with Gasteiger partial charge in [-0.2, -0.15) is 0 Å². The molecule has 1 aliphatic carbocycles. The van der Waals surface area contributed by atoms with Crippen molar-refractivity contribution in [1.29, 1.82) is 0 Å². The summed E-state index contributed by atoms with van der Waals surface area (Å²) >= 11 is 0. The van der Waals surface area contributed by atoms with Crippen molar-refractivity contribution < 1.29 is 9.53 Å². The van der Waals surface area contributed by atoms with E-state index >= 15 is 0 Å². The largest absolute Gasteiger partial charge is 0.489 e. The number of hydrogen-bond acceptors (Lipinski definition) is 5. The standard InChI is InChI=1S/C19H22N4O2/c24-19(14-3-6-18(21-12-14)22-15-4-5-15)23-10-7-16(8-11-23)25-17-2-1-9-20-13-17/h1-3,6,9,12-13,15-16H,4-5,7-8,10-11H2,(H,21,22). The number of nitrogens with one attached hydrogen (secondary N) is 1. The Morgan fingerprint density at radius 3 is 2.60 bits per heavy atom. The molecule has 0 spiro atoms. The maximum Gasteiger partial charge on any atom is 0.255 e. The molecule has 1 amide bonds. The van der Waals surface area contributed by atoms with Crippen molar-refractivity contribution in [1.82, 2.24) is 14.9 Å². The number of amides is 1. The maximum absolute atomic E-state index is 12.6. The Hall–Kier alpha value is -2.63. The van der Waals surface area contributed by atoms with Crippen LogP contribution in [0.5, 0.6) is 5.75 Å². The summed E-state index contributed by atoms with van der Waals surface area (Å²) in [6, 6.07) is 8.09. The molecule has 6 heteroatoms. The quantitative estimate of drug-likeness (QED) is 0.908. The summed E-state index contributed by atoms with van der Waals surface area (Å²) in [5.74, 6) is 1.68. The molecule has 2 fully saturated rings. The number of likely N-dealkylation sites (tertiary alicyclic amines) is 1. The monoisotopic (exact) mass is 338 g/mol. The summed E-state index contributed by atoms with van der Waals surface area (Å²) in [5, 5.41) is 3.33. The fourth-order valence-electron chi connectivity index (χ4n) is 3.01. The van der Waals surface area contributed by atoms with Crippen molar-refractivity contribution in [2.75, 3.05) is 18.4 Å². The second-order valence-corrected chi connectivity index (χ2v) is 6.65. The maximum atomic E-state index is 12.6. The highest BCUT2D eigenvalue weighted by Crippen LogP contribution is 2.24. The summed E-state index contributed by atoms with van der Waals surface area (Å²) in [6.45, 7) is 1.40. The Kier molecular flexibility index (Phi) is 4.50. The van der Waals surface area contributed by atoms with Crippen molar-refractivity contribution in [2.45, 2.75) is 37.8 Å². The van der Waals surface area contributed by atoms with Crippen LogP contribution in [0.3, 0.4) is 0 Å². The Morgan fingerprint density at radius 1 is 1.12 bits per heavy atom. The van der Waals surface area contributed by atoms with Crippen LogP contribution in [0.1, 0.15) is 36.0 Å². The molecule has 1 aliphatic heterocycles. The van der Waals surface area contributed by atoms with Crippen LogP contribution in [0.15, 0.2) is 42.9 Å². The third-order valence-corrected chi connectivity index (χ3v) is 4.61. The fraction of sp³-hybridized carbons (Fsp3) is 0.421. The first-order valence-corrected chi connectivity index (χ1v) is 8.86. The van der Waals surface area contributed by atoms with Crippen molar-refractivity contribution in [3.05, 3.63) is 48.4 Å². The first-order valence-electron chi connectivity index (χ1n) is 8.86. The lowest BCUT2D eigenvalue weighted by Gasteiger charge is -2.32. The van der Waals surface area contributed by atoms with E-state index in [1.54, 1.807) is 18.6 Å². The molecule has 0 bridgehead atoms. The summed E-state index contributed by atoms with van der Waals surface area (Å²) in [7, 11) is 0. The van der Waals surface area contributed by atoms with E-state index in [4.69, 9.17) is 4.74 Å². The predicted octanol–water partition coefficient (Wildman–Crippen LogP) is 2.73. The van der Waals surface area contributed by atoms with Crippen molar-refractivity contribution in [3.8, 4) is 5.75 Å². The number of ether oxygens (including phenoxy) is 1. The highest BCUT2D eigenvalue weighted by Gasteiger charge is 2.25. The van der Waals surface area contributed by atoms with Crippen LogP contribution in [0.2, 0.25) is 0 Å². The summed E-state index contributed by atoms with van der Waals surface area (Å²) in [6.07, 6.45) is 9.33. The van der Waals surface area contributed by atoms with Gasteiger partial charge in [0.1, 0.15) is 17.7 Å². The third-order valence-electron chi connectivity index (χ3n) is 4.61. The second kappa shape index (κ2) is 7.09. The number of carbonyl (C=O) groups is 1. The number of piperidine rings is 1. The topological polar surface area (TPSA) is 67.4 Å². The molecule has 3 heterocycles. The highest BCUT2D eigenvalue weighted by atomic mass is 16.5. The number of carbonyl (C=O) groups excluding carboxylic acids is 1. The second-order valence-electron chi connectivity index (χ2n) is 6.65. The lowest BCUT2D eigenvalue weighted by Crippen LogP contribution is -2.41. The Balaban J connectivity index is 1.30. The smallest absolute Gasteiger partial charge is 0.255 e. The van der Waals surface area contributed by atoms with Gasteiger partial charge >= 0.3 is 0 Å². The molecule has 1 saturated carbocycles. The third kappa shape index (κ3) is 4.07. The van der Waals surface area contributed by atoms with E-state index in [0.717, 1.165) is 24.4 Å². The molecule has 2 aromatic heterocycles. The van der Waals surface area contributed by atoms with Crippen LogP contribution in [-0.2, 0) is 0 Å². The molecule has 1 saturated heterocycles. The Morgan fingerprint density at radius 2 is 1.96 bits per heavy atom. The van der Waals surface area contributed by atoms with Crippen LogP contribution in [-0.4, -0.2) is 46.0 Å². The molecule has 0 unspecified atom stereocenters. The molecule has 1 N–H and O–H groups in total. The van der Waals surface area contributed by atoms with E-state index in [1.807, 2.05) is 29.2 Å². The number of nitrogens with zero attached hydrogens (tertiary/aromatic N) is 3. The van der Waals surface area contributed by atoms with Crippen LogP contribution < -0.4 is 10.1 Å². The minimum absolute atomic E-state index is 0.0466. The van der Waals surface area contributed by atoms with Gasteiger partial charge in [0, 0.05) is 44.4 Å². The SMILES string of the molecule is O=C(c1ccc(NC2CC2)nc1)N1CCC(Oc2cccnc2)CC1. The zero-order valence-electron chi connectivity index (χ0n) is 14.1. The molecule has 0 atom stereocenters. The van der Waals surface area contributed by atoms with E-state index < -0.39 is 0 Å². The van der Waals surface area contributed by atoms with Gasteiger partial charge in [-0.05, 0) is 37.1 Å². The van der Waals surface area contributed by atoms with E-state index in [2.05, 4.69) is 15.3 Å². The zero-order valence-corrected chi connectivity index (χ0v) is 14.1. The van der Waals surface area contributed by atoms with Gasteiger partial charge in [-0.15, -0.1) is 0 Å². The molecule has 2 aromatic rings. The molecule has 2 aliphatic rings. The molecular formula is C19H22N4O2. The molecule has 0 radical (unpaired) electrons. The average Bonchev–Trinajstić information content (AvgIpc) is 3.47. The van der Waals surface area contributed by atoms with Crippen LogP contribution in [0.4, 0.5) is 5.82 Å². The first-order chi connectivity index (χ1) is 12.3. The van der Waals surface area contributed by atoms with E-state index in [-0.39, 0.29) is 12.0 Å². The first kappa shape index (κ1) is 15.9. The Bertz CT molecular complexity index is 708. The van der Waals surface area contributed by atoms with Gasteiger partial charge in [0.2, 0.25) is 0 Å². The highest BCUT2D eigenvalue weighted by molar-refractivity contribution is 5.94. The van der Waals surface area contributed by atoms with E-state index in [9.17, 15) is 4.79 Å². The van der Waals surface area contributed by atoms with Gasteiger partial charge in [0.25, 0.3) is 5.91 Å². The molecular weight excluding hydrogens is 316 g/mol. The summed E-state index contributed by atoms with van der Waals surface area (Å²) < 4.78 is 5.93. The van der Waals surface area contributed by atoms with Crippen LogP contribution in [0.25, 0.3) is 0 Å². The molecule has 25 heavy (non-hydrogen) atoms. The van der Waals surface area contributed by atoms with Gasteiger partial charge in [0.15, 0.2) is 0 Å². The number of rotatable bonds is 5. The zero-order chi connectivity index (χ0) is 17.1. The normalized spacial score (nSPS) is 18.0. The Labute approximate surface area is 147 Å². The molecule has 0 aromatic carbocycles. The number of hydrogen-bond donors (Lipinski definition) is 1. The van der Waals surface area contributed by atoms with Gasteiger partial charge < -0.3 is 15.0 Å². The number of anilines is 1. The minimum Gasteiger partial charge on any atom is -0.489 e. The minimum atomic E-state index is 0.0466. The van der Waals surface area contributed by atoms with Gasteiger partial charge in [-0.25, -0.2) is 4.98 Å². The lowest BCUT2D eigenvalue weighted by molar-refractivity contribution is 0.0594. The van der Waals surface area contributed by atoms with Crippen molar-refractivity contribution >= 4 is 11.7 Å². The van der Waals surface area contributed by atoms with Crippen LogP contribution in [0, 0.1) is 0 Å². The molecule has 6 nitrogen and oxygen atoms in total. The molecule has 130 valence electrons. The lowest BCUT2D eigenvalue weighted by atomic mass is 10.1. The predicted molar refractivity (Wildman–Crippen MR) is 94.7 cm³/mol. The van der Waals surface area contributed by atoms with Gasteiger partial charge in [-0.1, -0.05) is 0 Å². The number of pyridine rings is 2. The number of aromatic nitrogens is 2. The van der Waals surface area contributed by atoms with Crippen LogP contribution >= 0.6 is 0 Å². The summed E-state index contributed by atoms with van der Waals surface area (Å²) in [5.41, 5.74) is 0.646. The van der Waals surface area contributed by atoms with Crippen molar-refractivity contribution in [3.63, 3.8) is 0 Å². The molecule has 4 rings (SSSR count). The van der Waals surface area contributed by atoms with Gasteiger partial charge in [0.05, 0.1) is 11.8 Å². The van der Waals surface area contributed by atoms with E-state index in [1.165, 1.54) is 12.8 Å². The van der Waals surface area contributed by atoms with Crippen molar-refractivity contribution in [2.24, 2.45) is 0 Å². The van der Waals surface area contributed by atoms with E-state index in [0.29, 0.717) is 24.7 Å². The fourth-order valence-corrected chi connectivity index (χ4v) is 3.01. The summed E-state index contributed by atoms with van der Waals surface area (Å²) in [4.78, 5) is 22.9. The van der Waals surface area contributed by atoms with Gasteiger partial charge in [-0.3, -0.25) is 9.78 Å².